The van der Waals surface area contributed by atoms with Crippen LogP contribution in [-0.4, -0.2) is 46.1 Å². The molecular weight excluding hydrogens is 220 g/mol. The summed E-state index contributed by atoms with van der Waals surface area (Å²) in [6, 6.07) is 3.84. The lowest BCUT2D eigenvalue weighted by molar-refractivity contribution is 0.281. The number of nitrogens with zero attached hydrogens (tertiary/aromatic N) is 2. The molecule has 0 aliphatic rings. The van der Waals surface area contributed by atoms with Crippen molar-refractivity contribution in [2.75, 3.05) is 36.9 Å². The normalized spacial score (nSPS) is 11.2. The van der Waals surface area contributed by atoms with Gasteiger partial charge in [-0.3, -0.25) is 0 Å². The first-order valence-electron chi connectivity index (χ1n) is 5.58. The Hall–Kier alpha value is -1.66. The van der Waals surface area contributed by atoms with E-state index in [1.54, 1.807) is 0 Å². The van der Waals surface area contributed by atoms with Crippen molar-refractivity contribution in [1.82, 2.24) is 9.55 Å². The van der Waals surface area contributed by atoms with E-state index in [1.165, 1.54) is 0 Å². The summed E-state index contributed by atoms with van der Waals surface area (Å²) in [7, 11) is 1.90. The summed E-state index contributed by atoms with van der Waals surface area (Å²) in [5, 5.41) is 18.0. The summed E-state index contributed by atoms with van der Waals surface area (Å²) in [6.45, 7) is 1.08. The van der Waals surface area contributed by atoms with Gasteiger partial charge in [-0.2, -0.15) is 0 Å². The maximum Gasteiger partial charge on any atom is 0.108 e. The third-order valence-electron chi connectivity index (χ3n) is 2.93. The number of rotatable bonds is 5. The lowest BCUT2D eigenvalue weighted by Crippen LogP contribution is -2.29. The second-order valence-corrected chi connectivity index (χ2v) is 4.02. The number of aryl methyl sites for hydroxylation is 1. The largest absolute Gasteiger partial charge is 0.395 e. The van der Waals surface area contributed by atoms with Gasteiger partial charge in [0.2, 0.25) is 0 Å². The van der Waals surface area contributed by atoms with Crippen molar-refractivity contribution in [3.63, 3.8) is 0 Å². The molecule has 2 rings (SSSR count). The van der Waals surface area contributed by atoms with Crippen LogP contribution in [0.4, 0.5) is 11.6 Å². The Labute approximate surface area is 99.3 Å². The second-order valence-electron chi connectivity index (χ2n) is 4.02. The second kappa shape index (κ2) is 4.68. The average molecular weight is 238 g/mol. The molecule has 2 aromatic rings. The minimum atomic E-state index is 0.0531. The highest BCUT2D eigenvalue weighted by molar-refractivity contribution is 5.85. The van der Waals surface area contributed by atoms with Crippen LogP contribution in [0.25, 0.3) is 11.0 Å². The van der Waals surface area contributed by atoms with E-state index >= 15 is 0 Å². The summed E-state index contributed by atoms with van der Waals surface area (Å²) < 4.78 is 1.89. The molecule has 0 atom stereocenters. The van der Waals surface area contributed by atoms with Crippen molar-refractivity contribution >= 4 is 22.7 Å². The van der Waals surface area contributed by atoms with E-state index in [1.807, 2.05) is 28.6 Å². The molecule has 0 fully saturated rings. The first-order valence-corrected chi connectivity index (χ1v) is 5.58. The number of aliphatic hydroxyl groups is 2. The molecule has 0 spiro atoms. The number of anilines is 2. The highest BCUT2D eigenvalue weighted by atomic mass is 16.3. The Morgan fingerprint density at radius 3 is 2.47 bits per heavy atom. The van der Waals surface area contributed by atoms with Gasteiger partial charge in [-0.25, -0.2) is 0 Å². The minimum Gasteiger partial charge on any atom is -0.395 e. The third-order valence-corrected chi connectivity index (χ3v) is 2.93. The summed E-state index contributed by atoms with van der Waals surface area (Å²) in [4.78, 5) is 5.13. The summed E-state index contributed by atoms with van der Waals surface area (Å²) in [6.07, 6.45) is 0. The molecule has 0 aliphatic carbocycles. The van der Waals surface area contributed by atoms with Crippen molar-refractivity contribution in [2.24, 2.45) is 7.05 Å². The van der Waals surface area contributed by atoms with E-state index in [0.29, 0.717) is 18.9 Å². The van der Waals surface area contributed by atoms with Gasteiger partial charge < -0.3 is 30.4 Å². The number of fused-ring (bicyclic) bond motifs is 1. The highest BCUT2D eigenvalue weighted by Gasteiger charge is 2.11. The lowest BCUT2D eigenvalue weighted by atomic mass is 10.4. The molecular formula is C11H18N4O2. The van der Waals surface area contributed by atoms with Gasteiger partial charge in [0.25, 0.3) is 0 Å². The SMILES string of the molecule is Cn1c(N)cc2[nH]c(N(CCO)CCO)cc21. The predicted octanol–water partition coefficient (Wildman–Crippen LogP) is -0.120. The van der Waals surface area contributed by atoms with E-state index < -0.39 is 0 Å². The molecule has 6 nitrogen and oxygen atoms in total. The maximum atomic E-state index is 8.99. The number of H-pyrrole nitrogens is 1. The first kappa shape index (κ1) is 11.8. The number of hydrogen-bond acceptors (Lipinski definition) is 4. The topological polar surface area (TPSA) is 90.4 Å². The van der Waals surface area contributed by atoms with Crippen molar-refractivity contribution in [3.8, 4) is 0 Å². The van der Waals surface area contributed by atoms with Gasteiger partial charge >= 0.3 is 0 Å². The van der Waals surface area contributed by atoms with Gasteiger partial charge in [-0.1, -0.05) is 0 Å². The van der Waals surface area contributed by atoms with Crippen molar-refractivity contribution in [2.45, 2.75) is 0 Å². The maximum absolute atomic E-state index is 8.99. The van der Waals surface area contributed by atoms with Crippen LogP contribution in [0.15, 0.2) is 12.1 Å². The molecule has 0 aliphatic heterocycles. The van der Waals surface area contributed by atoms with Crippen LogP contribution in [0.2, 0.25) is 0 Å². The minimum absolute atomic E-state index is 0.0531. The number of aromatic nitrogens is 2. The van der Waals surface area contributed by atoms with Crippen LogP contribution >= 0.6 is 0 Å². The van der Waals surface area contributed by atoms with Crippen molar-refractivity contribution in [1.29, 1.82) is 0 Å². The monoisotopic (exact) mass is 238 g/mol. The quantitative estimate of drug-likeness (QED) is 0.584. The van der Waals surface area contributed by atoms with Gasteiger partial charge in [0, 0.05) is 32.3 Å². The molecule has 0 amide bonds. The van der Waals surface area contributed by atoms with Crippen LogP contribution in [0.3, 0.4) is 0 Å². The van der Waals surface area contributed by atoms with Gasteiger partial charge in [0.1, 0.15) is 11.6 Å². The Morgan fingerprint density at radius 2 is 1.94 bits per heavy atom. The summed E-state index contributed by atoms with van der Waals surface area (Å²) in [5.74, 6) is 1.59. The van der Waals surface area contributed by atoms with E-state index in [9.17, 15) is 0 Å². The zero-order valence-electron chi connectivity index (χ0n) is 9.85. The molecule has 6 heteroatoms. The Bertz CT molecular complexity index is 497. The van der Waals surface area contributed by atoms with Crippen LogP contribution in [0.1, 0.15) is 0 Å². The number of aliphatic hydroxyl groups excluding tert-OH is 2. The van der Waals surface area contributed by atoms with Crippen LogP contribution in [0.5, 0.6) is 0 Å². The van der Waals surface area contributed by atoms with E-state index in [0.717, 1.165) is 16.9 Å². The van der Waals surface area contributed by atoms with Gasteiger partial charge in [-0.15, -0.1) is 0 Å². The van der Waals surface area contributed by atoms with Crippen LogP contribution in [0, 0.1) is 0 Å². The van der Waals surface area contributed by atoms with Gasteiger partial charge in [0.15, 0.2) is 0 Å². The number of aromatic amines is 1. The molecule has 0 saturated heterocycles. The average Bonchev–Trinajstić information content (AvgIpc) is 2.81. The Morgan fingerprint density at radius 1 is 1.29 bits per heavy atom. The van der Waals surface area contributed by atoms with Crippen LogP contribution in [-0.2, 0) is 7.05 Å². The Balaban J connectivity index is 2.34. The van der Waals surface area contributed by atoms with E-state index in [-0.39, 0.29) is 13.2 Å². The third kappa shape index (κ3) is 2.09. The van der Waals surface area contributed by atoms with E-state index in [2.05, 4.69) is 4.98 Å². The Kier molecular flexibility index (Phi) is 3.26. The molecule has 0 bridgehead atoms. The number of nitrogen functional groups attached to an aromatic ring is 1. The van der Waals surface area contributed by atoms with Crippen LogP contribution < -0.4 is 10.6 Å². The number of nitrogens with two attached hydrogens (primary N) is 1. The predicted molar refractivity (Wildman–Crippen MR) is 68.1 cm³/mol. The number of nitrogens with one attached hydrogen (secondary N) is 1. The van der Waals surface area contributed by atoms with Gasteiger partial charge in [0.05, 0.1) is 24.2 Å². The molecule has 0 saturated carbocycles. The zero-order valence-corrected chi connectivity index (χ0v) is 9.85. The molecule has 5 N–H and O–H groups in total. The van der Waals surface area contributed by atoms with Gasteiger partial charge in [-0.05, 0) is 0 Å². The molecule has 94 valence electrons. The fourth-order valence-corrected chi connectivity index (χ4v) is 1.98. The number of hydrogen-bond donors (Lipinski definition) is 4. The highest BCUT2D eigenvalue weighted by Crippen LogP contribution is 2.25. The van der Waals surface area contributed by atoms with Crippen molar-refractivity contribution in [3.05, 3.63) is 12.1 Å². The zero-order chi connectivity index (χ0) is 12.4. The standard InChI is InChI=1S/C11H18N4O2/c1-14-9-7-11(13-8(9)6-10(14)12)15(2-4-16)3-5-17/h6-7,13,16-17H,2-5,12H2,1H3. The summed E-state index contributed by atoms with van der Waals surface area (Å²) in [5.41, 5.74) is 7.76. The lowest BCUT2D eigenvalue weighted by Gasteiger charge is -2.20. The molecule has 0 radical (unpaired) electrons. The summed E-state index contributed by atoms with van der Waals surface area (Å²) >= 11 is 0. The fraction of sp³-hybridized carbons (Fsp3) is 0.455. The van der Waals surface area contributed by atoms with Crippen molar-refractivity contribution < 1.29 is 10.2 Å². The molecule has 17 heavy (non-hydrogen) atoms. The van der Waals surface area contributed by atoms with E-state index in [4.69, 9.17) is 15.9 Å². The first-order chi connectivity index (χ1) is 8.17. The molecule has 2 heterocycles. The molecule has 2 aromatic heterocycles. The fourth-order valence-electron chi connectivity index (χ4n) is 1.98. The molecule has 0 unspecified atom stereocenters. The molecule has 0 aromatic carbocycles. The smallest absolute Gasteiger partial charge is 0.108 e.